The number of fused-ring (bicyclic) bond motifs is 1. The summed E-state index contributed by atoms with van der Waals surface area (Å²) in [7, 11) is -3.76. The Morgan fingerprint density at radius 2 is 1.59 bits per heavy atom. The zero-order valence-corrected chi connectivity index (χ0v) is 20.7. The molecule has 0 fully saturated rings. The topological polar surface area (TPSA) is 66.5 Å². The van der Waals surface area contributed by atoms with Gasteiger partial charge in [0.1, 0.15) is 0 Å². The van der Waals surface area contributed by atoms with Gasteiger partial charge in [-0.2, -0.15) is 0 Å². The number of amides is 1. The van der Waals surface area contributed by atoms with Gasteiger partial charge in [0.2, 0.25) is 0 Å². The lowest BCUT2D eigenvalue weighted by molar-refractivity contribution is 0.0739. The summed E-state index contributed by atoms with van der Waals surface area (Å²) < 4.78 is 29.5. The number of benzene rings is 2. The van der Waals surface area contributed by atoms with Gasteiger partial charge in [0.15, 0.2) is 0 Å². The van der Waals surface area contributed by atoms with Crippen LogP contribution in [0.15, 0.2) is 40.6 Å². The summed E-state index contributed by atoms with van der Waals surface area (Å²) in [6.45, 7) is 10.8. The molecule has 1 aliphatic rings. The van der Waals surface area contributed by atoms with Gasteiger partial charge in [-0.3, -0.25) is 9.52 Å². The molecule has 168 valence electrons. The molecule has 0 radical (unpaired) electrons. The Labute approximate surface area is 194 Å². The van der Waals surface area contributed by atoms with Crippen LogP contribution in [-0.4, -0.2) is 25.8 Å². The predicted octanol–water partition coefficient (Wildman–Crippen LogP) is 5.29. The quantitative estimate of drug-likeness (QED) is 0.566. The van der Waals surface area contributed by atoms with Crippen molar-refractivity contribution in [1.29, 1.82) is 0 Å². The second kappa shape index (κ2) is 8.37. The number of anilines is 1. The average Bonchev–Trinajstić information content (AvgIpc) is 3.30. The molecule has 7 heteroatoms. The van der Waals surface area contributed by atoms with Crippen LogP contribution in [0.5, 0.6) is 0 Å². The Balaban J connectivity index is 1.63. The van der Waals surface area contributed by atoms with Crippen LogP contribution in [0.3, 0.4) is 0 Å². The molecule has 0 aliphatic carbocycles. The van der Waals surface area contributed by atoms with Crippen LogP contribution in [-0.2, 0) is 23.0 Å². The first-order valence-corrected chi connectivity index (χ1v) is 13.0. The summed E-state index contributed by atoms with van der Waals surface area (Å²) in [6.07, 6.45) is 0.758. The number of rotatable bonds is 4. The third-order valence-electron chi connectivity index (χ3n) is 6.69. The van der Waals surface area contributed by atoms with Crippen LogP contribution >= 0.6 is 11.3 Å². The van der Waals surface area contributed by atoms with Crippen molar-refractivity contribution in [1.82, 2.24) is 4.90 Å². The Kier molecular flexibility index (Phi) is 5.90. The van der Waals surface area contributed by atoms with E-state index in [1.807, 2.05) is 75.2 Å². The average molecular weight is 469 g/mol. The second-order valence-corrected chi connectivity index (χ2v) is 11.1. The van der Waals surface area contributed by atoms with Gasteiger partial charge >= 0.3 is 0 Å². The molecular weight excluding hydrogens is 440 g/mol. The van der Waals surface area contributed by atoms with Crippen molar-refractivity contribution in [3.05, 3.63) is 79.5 Å². The molecule has 0 saturated carbocycles. The fourth-order valence-corrected chi connectivity index (χ4v) is 6.77. The largest absolute Gasteiger partial charge is 0.333 e. The third-order valence-corrected chi connectivity index (χ3v) is 9.20. The van der Waals surface area contributed by atoms with Crippen LogP contribution in [0.4, 0.5) is 5.69 Å². The molecule has 32 heavy (non-hydrogen) atoms. The van der Waals surface area contributed by atoms with Gasteiger partial charge in [0.05, 0.1) is 9.77 Å². The molecule has 5 nitrogen and oxygen atoms in total. The molecule has 2 heterocycles. The minimum atomic E-state index is -3.76. The van der Waals surface area contributed by atoms with Gasteiger partial charge in [0, 0.05) is 18.8 Å². The summed E-state index contributed by atoms with van der Waals surface area (Å²) in [5.74, 6) is 0.0217. The van der Waals surface area contributed by atoms with E-state index >= 15 is 0 Å². The van der Waals surface area contributed by atoms with Gasteiger partial charge in [-0.15, -0.1) is 11.3 Å². The summed E-state index contributed by atoms with van der Waals surface area (Å²) in [6, 6.07) is 9.35. The van der Waals surface area contributed by atoms with Crippen molar-refractivity contribution in [2.24, 2.45) is 0 Å². The summed E-state index contributed by atoms with van der Waals surface area (Å²) in [5.41, 5.74) is 7.34. The number of carbonyl (C=O) groups is 1. The van der Waals surface area contributed by atoms with E-state index in [4.69, 9.17) is 0 Å². The minimum Gasteiger partial charge on any atom is -0.333 e. The molecule has 1 aromatic heterocycles. The van der Waals surface area contributed by atoms with E-state index in [-0.39, 0.29) is 5.91 Å². The van der Waals surface area contributed by atoms with Crippen LogP contribution in [0, 0.1) is 34.6 Å². The molecule has 4 rings (SSSR count). The predicted molar refractivity (Wildman–Crippen MR) is 130 cm³/mol. The fourth-order valence-electron chi connectivity index (χ4n) is 4.42. The first kappa shape index (κ1) is 22.6. The van der Waals surface area contributed by atoms with Crippen molar-refractivity contribution in [3.63, 3.8) is 0 Å². The van der Waals surface area contributed by atoms with Crippen LogP contribution in [0.25, 0.3) is 0 Å². The summed E-state index contributed by atoms with van der Waals surface area (Å²) >= 11 is 1.44. The van der Waals surface area contributed by atoms with E-state index in [0.29, 0.717) is 23.7 Å². The molecule has 0 spiro atoms. The molecule has 1 N–H and O–H groups in total. The molecule has 0 saturated heterocycles. The molecule has 1 amide bonds. The molecule has 0 unspecified atom stereocenters. The highest BCUT2D eigenvalue weighted by molar-refractivity contribution is 7.92. The van der Waals surface area contributed by atoms with Crippen molar-refractivity contribution in [3.8, 4) is 0 Å². The van der Waals surface area contributed by atoms with Gasteiger partial charge in [-0.1, -0.05) is 12.1 Å². The van der Waals surface area contributed by atoms with E-state index in [2.05, 4.69) is 4.72 Å². The van der Waals surface area contributed by atoms with Crippen LogP contribution in [0.1, 0.15) is 48.6 Å². The highest BCUT2D eigenvalue weighted by atomic mass is 32.2. The number of hydrogen-bond acceptors (Lipinski definition) is 4. The van der Waals surface area contributed by atoms with E-state index < -0.39 is 10.0 Å². The Morgan fingerprint density at radius 3 is 2.22 bits per heavy atom. The first-order chi connectivity index (χ1) is 15.1. The lowest BCUT2D eigenvalue weighted by Crippen LogP contribution is -2.35. The van der Waals surface area contributed by atoms with Gasteiger partial charge < -0.3 is 4.90 Å². The van der Waals surface area contributed by atoms with E-state index in [1.165, 1.54) is 11.3 Å². The molecule has 2 aromatic carbocycles. The lowest BCUT2D eigenvalue weighted by Gasteiger charge is -2.29. The number of sulfonamides is 1. The van der Waals surface area contributed by atoms with Gasteiger partial charge in [-0.25, -0.2) is 8.42 Å². The third kappa shape index (κ3) is 3.95. The Morgan fingerprint density at radius 1 is 0.938 bits per heavy atom. The lowest BCUT2D eigenvalue weighted by atomic mass is 9.95. The SMILES string of the molecule is Cc1c(C)c(C)c(S(=O)(=O)Nc2ccc3c(c2)CN(C(=O)c2cccs2)CC3)c(C)c1C. The van der Waals surface area contributed by atoms with Crippen molar-refractivity contribution < 1.29 is 13.2 Å². The normalized spacial score (nSPS) is 13.7. The van der Waals surface area contributed by atoms with E-state index in [0.717, 1.165) is 50.2 Å². The van der Waals surface area contributed by atoms with Crippen LogP contribution in [0.2, 0.25) is 0 Å². The highest BCUT2D eigenvalue weighted by Gasteiger charge is 2.26. The molecular formula is C25H28N2O3S2. The molecule has 1 aliphatic heterocycles. The zero-order chi connectivity index (χ0) is 23.2. The van der Waals surface area contributed by atoms with E-state index in [9.17, 15) is 13.2 Å². The number of nitrogens with one attached hydrogen (secondary N) is 1. The summed E-state index contributed by atoms with van der Waals surface area (Å²) in [5, 5.41) is 1.90. The minimum absolute atomic E-state index is 0.0217. The fraction of sp³-hybridized carbons (Fsp3) is 0.320. The van der Waals surface area contributed by atoms with Crippen molar-refractivity contribution in [2.75, 3.05) is 11.3 Å². The Bertz CT molecular complexity index is 1280. The molecule has 0 atom stereocenters. The maximum Gasteiger partial charge on any atom is 0.264 e. The number of thiophene rings is 1. The van der Waals surface area contributed by atoms with Gasteiger partial charge in [-0.05, 0) is 104 Å². The van der Waals surface area contributed by atoms with Crippen molar-refractivity contribution >= 4 is 33.0 Å². The van der Waals surface area contributed by atoms with Crippen LogP contribution < -0.4 is 4.72 Å². The van der Waals surface area contributed by atoms with Crippen molar-refractivity contribution in [2.45, 2.75) is 52.5 Å². The highest BCUT2D eigenvalue weighted by Crippen LogP contribution is 2.32. The smallest absolute Gasteiger partial charge is 0.264 e. The standard InChI is InChI=1S/C25H28N2O3S2/c1-15-16(2)18(4)24(19(5)17(15)3)32(29,30)26-22-9-8-20-10-11-27(14-21(20)13-22)25(28)23-7-6-12-31-23/h6-9,12-13,26H,10-11,14H2,1-5H3. The molecule has 0 bridgehead atoms. The van der Waals surface area contributed by atoms with E-state index in [1.54, 1.807) is 0 Å². The monoisotopic (exact) mass is 468 g/mol. The maximum atomic E-state index is 13.4. The number of carbonyl (C=O) groups excluding carboxylic acids is 1. The zero-order valence-electron chi connectivity index (χ0n) is 19.1. The summed E-state index contributed by atoms with van der Waals surface area (Å²) in [4.78, 5) is 15.7. The molecule has 3 aromatic rings. The second-order valence-electron chi connectivity index (χ2n) is 8.50. The first-order valence-electron chi connectivity index (χ1n) is 10.6. The number of hydrogen-bond donors (Lipinski definition) is 1. The number of nitrogens with zero attached hydrogens (tertiary/aromatic N) is 1. The maximum absolute atomic E-state index is 13.4. The van der Waals surface area contributed by atoms with Gasteiger partial charge in [0.25, 0.3) is 15.9 Å². The Hall–Kier alpha value is -2.64.